The standard InChI is InChI=1S/C11H11ClN4O3/c1-19-11-6-9(16(17)18)2-3-10(11)15-7-8(4-5-12)13-14-15/h2-3,6-7H,4-5H2,1H3. The Bertz CT molecular complexity index is 599. The van der Waals surface area contributed by atoms with E-state index in [9.17, 15) is 10.1 Å². The van der Waals surface area contributed by atoms with E-state index in [-0.39, 0.29) is 5.69 Å². The lowest BCUT2D eigenvalue weighted by Gasteiger charge is -2.06. The molecule has 0 unspecified atom stereocenters. The Morgan fingerprint density at radius 2 is 2.32 bits per heavy atom. The molecule has 0 aliphatic carbocycles. The molecule has 7 nitrogen and oxygen atoms in total. The number of nitro benzene ring substituents is 1. The molecular weight excluding hydrogens is 272 g/mol. The van der Waals surface area contributed by atoms with Crippen LogP contribution in [0.15, 0.2) is 24.4 Å². The number of nitro groups is 1. The first-order valence-electron chi connectivity index (χ1n) is 5.45. The molecule has 0 saturated heterocycles. The van der Waals surface area contributed by atoms with E-state index in [2.05, 4.69) is 10.3 Å². The molecule has 0 spiro atoms. The summed E-state index contributed by atoms with van der Waals surface area (Å²) >= 11 is 5.63. The number of halogens is 1. The molecule has 0 N–H and O–H groups in total. The lowest BCUT2D eigenvalue weighted by molar-refractivity contribution is -0.384. The third-order valence-electron chi connectivity index (χ3n) is 2.51. The second kappa shape index (κ2) is 5.66. The van der Waals surface area contributed by atoms with Gasteiger partial charge in [0.2, 0.25) is 0 Å². The summed E-state index contributed by atoms with van der Waals surface area (Å²) in [5.41, 5.74) is 1.29. The van der Waals surface area contributed by atoms with Gasteiger partial charge in [0.25, 0.3) is 5.69 Å². The van der Waals surface area contributed by atoms with Crippen LogP contribution < -0.4 is 4.74 Å². The molecule has 0 amide bonds. The van der Waals surface area contributed by atoms with Gasteiger partial charge in [0.15, 0.2) is 5.75 Å². The number of alkyl halides is 1. The first-order valence-corrected chi connectivity index (χ1v) is 5.99. The van der Waals surface area contributed by atoms with Crippen molar-refractivity contribution in [2.45, 2.75) is 6.42 Å². The van der Waals surface area contributed by atoms with E-state index < -0.39 is 4.92 Å². The van der Waals surface area contributed by atoms with Gasteiger partial charge >= 0.3 is 0 Å². The van der Waals surface area contributed by atoms with Crippen LogP contribution in [0.3, 0.4) is 0 Å². The fourth-order valence-electron chi connectivity index (χ4n) is 1.60. The first-order chi connectivity index (χ1) is 9.15. The number of nitrogens with zero attached hydrogens (tertiary/aromatic N) is 4. The van der Waals surface area contributed by atoms with Gasteiger partial charge in [-0.3, -0.25) is 10.1 Å². The Kier molecular flexibility index (Phi) is 3.96. The summed E-state index contributed by atoms with van der Waals surface area (Å²) in [5, 5.41) is 18.6. The minimum atomic E-state index is -0.480. The van der Waals surface area contributed by atoms with Gasteiger partial charge < -0.3 is 4.74 Å². The molecule has 2 rings (SSSR count). The van der Waals surface area contributed by atoms with E-state index in [1.165, 1.54) is 23.9 Å². The van der Waals surface area contributed by atoms with Crippen LogP contribution in [0.4, 0.5) is 5.69 Å². The summed E-state index contributed by atoms with van der Waals surface area (Å²) < 4.78 is 6.65. The summed E-state index contributed by atoms with van der Waals surface area (Å²) in [6.07, 6.45) is 2.32. The summed E-state index contributed by atoms with van der Waals surface area (Å²) in [6, 6.07) is 4.30. The van der Waals surface area contributed by atoms with Gasteiger partial charge in [0.1, 0.15) is 5.69 Å². The molecule has 2 aromatic rings. The second-order valence-corrected chi connectivity index (χ2v) is 4.08. The Morgan fingerprint density at radius 1 is 1.53 bits per heavy atom. The van der Waals surface area contributed by atoms with Crippen LogP contribution in [-0.4, -0.2) is 32.9 Å². The van der Waals surface area contributed by atoms with E-state index in [1.807, 2.05) is 0 Å². The molecule has 19 heavy (non-hydrogen) atoms. The fraction of sp³-hybridized carbons (Fsp3) is 0.273. The topological polar surface area (TPSA) is 83.1 Å². The second-order valence-electron chi connectivity index (χ2n) is 3.71. The number of aryl methyl sites for hydroxylation is 1. The average molecular weight is 283 g/mol. The monoisotopic (exact) mass is 282 g/mol. The zero-order valence-electron chi connectivity index (χ0n) is 10.1. The highest BCUT2D eigenvalue weighted by Gasteiger charge is 2.13. The van der Waals surface area contributed by atoms with E-state index in [0.29, 0.717) is 23.7 Å². The van der Waals surface area contributed by atoms with Crippen LogP contribution in [0.25, 0.3) is 5.69 Å². The van der Waals surface area contributed by atoms with Crippen molar-refractivity contribution in [1.29, 1.82) is 0 Å². The molecule has 0 bridgehead atoms. The summed E-state index contributed by atoms with van der Waals surface area (Å²) in [7, 11) is 1.44. The number of rotatable bonds is 5. The molecule has 0 saturated carbocycles. The van der Waals surface area contributed by atoms with Crippen molar-refractivity contribution in [3.63, 3.8) is 0 Å². The highest BCUT2D eigenvalue weighted by molar-refractivity contribution is 6.17. The molecule has 1 aromatic heterocycles. The number of aromatic nitrogens is 3. The van der Waals surface area contributed by atoms with Crippen molar-refractivity contribution in [3.05, 3.63) is 40.2 Å². The Morgan fingerprint density at radius 3 is 2.95 bits per heavy atom. The summed E-state index contributed by atoms with van der Waals surface area (Å²) in [4.78, 5) is 10.2. The molecule has 0 aliphatic rings. The maximum atomic E-state index is 10.7. The SMILES string of the molecule is COc1cc([N+](=O)[O-])ccc1-n1cc(CCCl)nn1. The maximum Gasteiger partial charge on any atom is 0.273 e. The molecular formula is C11H11ClN4O3. The van der Waals surface area contributed by atoms with Crippen molar-refractivity contribution in [2.75, 3.05) is 13.0 Å². The smallest absolute Gasteiger partial charge is 0.273 e. The van der Waals surface area contributed by atoms with Crippen LogP contribution in [-0.2, 0) is 6.42 Å². The Labute approximate surface area is 113 Å². The molecule has 0 aliphatic heterocycles. The van der Waals surface area contributed by atoms with E-state index in [0.717, 1.165) is 5.69 Å². The van der Waals surface area contributed by atoms with Gasteiger partial charge in [-0.15, -0.1) is 16.7 Å². The quantitative estimate of drug-likeness (QED) is 0.475. The summed E-state index contributed by atoms with van der Waals surface area (Å²) in [6.45, 7) is 0. The minimum Gasteiger partial charge on any atom is -0.494 e. The predicted molar refractivity (Wildman–Crippen MR) is 69.0 cm³/mol. The third-order valence-corrected chi connectivity index (χ3v) is 2.70. The molecule has 0 atom stereocenters. The largest absolute Gasteiger partial charge is 0.494 e. The van der Waals surface area contributed by atoms with E-state index >= 15 is 0 Å². The Hall–Kier alpha value is -2.15. The highest BCUT2D eigenvalue weighted by atomic mass is 35.5. The van der Waals surface area contributed by atoms with Gasteiger partial charge in [-0.25, -0.2) is 4.68 Å². The Balaban J connectivity index is 2.40. The number of ether oxygens (including phenoxy) is 1. The van der Waals surface area contributed by atoms with Gasteiger partial charge in [-0.05, 0) is 6.07 Å². The van der Waals surface area contributed by atoms with E-state index in [1.54, 1.807) is 12.3 Å². The van der Waals surface area contributed by atoms with Crippen molar-refractivity contribution >= 4 is 17.3 Å². The zero-order chi connectivity index (χ0) is 13.8. The number of hydrogen-bond donors (Lipinski definition) is 0. The lowest BCUT2D eigenvalue weighted by Crippen LogP contribution is -2.00. The van der Waals surface area contributed by atoms with Crippen molar-refractivity contribution in [2.24, 2.45) is 0 Å². The van der Waals surface area contributed by atoms with Crippen LogP contribution >= 0.6 is 11.6 Å². The average Bonchev–Trinajstić information content (AvgIpc) is 2.86. The highest BCUT2D eigenvalue weighted by Crippen LogP contribution is 2.27. The molecule has 1 aromatic carbocycles. The molecule has 8 heteroatoms. The van der Waals surface area contributed by atoms with Gasteiger partial charge in [0.05, 0.1) is 30.0 Å². The molecule has 1 heterocycles. The first kappa shape index (κ1) is 13.3. The van der Waals surface area contributed by atoms with Crippen LogP contribution in [0.5, 0.6) is 5.75 Å². The van der Waals surface area contributed by atoms with Crippen molar-refractivity contribution in [3.8, 4) is 11.4 Å². The van der Waals surface area contributed by atoms with E-state index in [4.69, 9.17) is 16.3 Å². The van der Waals surface area contributed by atoms with Gasteiger partial charge in [-0.2, -0.15) is 0 Å². The predicted octanol–water partition coefficient (Wildman–Crippen LogP) is 1.97. The number of methoxy groups -OCH3 is 1. The summed E-state index contributed by atoms with van der Waals surface area (Å²) in [5.74, 6) is 0.812. The normalized spacial score (nSPS) is 10.4. The maximum absolute atomic E-state index is 10.7. The number of benzene rings is 1. The molecule has 0 fully saturated rings. The third kappa shape index (κ3) is 2.82. The number of hydrogen-bond acceptors (Lipinski definition) is 5. The van der Waals surface area contributed by atoms with Crippen LogP contribution in [0, 0.1) is 10.1 Å². The zero-order valence-corrected chi connectivity index (χ0v) is 10.9. The van der Waals surface area contributed by atoms with Crippen molar-refractivity contribution < 1.29 is 9.66 Å². The minimum absolute atomic E-state index is 0.0401. The van der Waals surface area contributed by atoms with Crippen LogP contribution in [0.1, 0.15) is 5.69 Å². The number of non-ortho nitro benzene ring substituents is 1. The van der Waals surface area contributed by atoms with Crippen LogP contribution in [0.2, 0.25) is 0 Å². The van der Waals surface area contributed by atoms with Gasteiger partial charge in [0, 0.05) is 18.4 Å². The van der Waals surface area contributed by atoms with Crippen molar-refractivity contribution in [1.82, 2.24) is 15.0 Å². The van der Waals surface area contributed by atoms with Gasteiger partial charge in [-0.1, -0.05) is 5.21 Å². The molecule has 0 radical (unpaired) electrons. The lowest BCUT2D eigenvalue weighted by atomic mass is 10.2. The molecule has 100 valence electrons. The fourth-order valence-corrected chi connectivity index (χ4v) is 1.79.